The highest BCUT2D eigenvalue weighted by Crippen LogP contribution is 2.44. The largest absolute Gasteiger partial charge is 0.480 e. The Labute approximate surface area is 201 Å². The average Bonchev–Trinajstić information content (AvgIpc) is 3.39. The Morgan fingerprint density at radius 2 is 1.57 bits per heavy atom. The number of hydrogen-bond donors (Lipinski definition) is 3. The molecule has 0 spiro atoms. The number of rotatable bonds is 9. The summed E-state index contributed by atoms with van der Waals surface area (Å²) in [4.78, 5) is 36.5. The predicted molar refractivity (Wildman–Crippen MR) is 124 cm³/mol. The van der Waals surface area contributed by atoms with E-state index in [9.17, 15) is 23.2 Å². The zero-order valence-corrected chi connectivity index (χ0v) is 19.1. The summed E-state index contributed by atoms with van der Waals surface area (Å²) in [6, 6.07) is 14.3. The maximum absolute atomic E-state index is 12.8. The number of carbonyl (C=O) groups is 3. The first kappa shape index (κ1) is 24.6. The highest BCUT2D eigenvalue weighted by Gasteiger charge is 2.39. The molecular formula is C26H28F2N2O5. The van der Waals surface area contributed by atoms with Crippen LogP contribution in [-0.4, -0.2) is 47.7 Å². The molecule has 2 aliphatic carbocycles. The van der Waals surface area contributed by atoms with E-state index in [1.165, 1.54) is 0 Å². The Bertz CT molecular complexity index is 1060. The molecule has 0 heterocycles. The third-order valence-corrected chi connectivity index (χ3v) is 6.82. The van der Waals surface area contributed by atoms with Crippen LogP contribution in [0.2, 0.25) is 0 Å². The van der Waals surface area contributed by atoms with Crippen LogP contribution >= 0.6 is 0 Å². The van der Waals surface area contributed by atoms with Gasteiger partial charge in [-0.1, -0.05) is 61.4 Å². The minimum Gasteiger partial charge on any atom is -0.480 e. The number of carboxylic acids is 1. The molecule has 9 heteroatoms. The van der Waals surface area contributed by atoms with E-state index in [0.29, 0.717) is 12.8 Å². The van der Waals surface area contributed by atoms with E-state index in [1.807, 2.05) is 48.5 Å². The van der Waals surface area contributed by atoms with Crippen LogP contribution in [0.25, 0.3) is 11.1 Å². The number of nitrogens with one attached hydrogen (secondary N) is 2. The summed E-state index contributed by atoms with van der Waals surface area (Å²) in [5.74, 6) is -2.33. The molecule has 2 aliphatic rings. The number of amides is 2. The SMILES string of the molecule is O=C(CC1(NC(=O)OCC2c3ccccc3-c3ccccc32)CCCC1)NC(CC(F)F)C(=O)O. The first-order chi connectivity index (χ1) is 16.8. The first-order valence-corrected chi connectivity index (χ1v) is 11.7. The number of carboxylic acid groups (broad SMARTS) is 1. The molecule has 1 saturated carbocycles. The number of halogens is 2. The van der Waals surface area contributed by atoms with Gasteiger partial charge in [0.2, 0.25) is 12.3 Å². The zero-order valence-electron chi connectivity index (χ0n) is 19.1. The van der Waals surface area contributed by atoms with Crippen molar-refractivity contribution in [2.75, 3.05) is 6.61 Å². The predicted octanol–water partition coefficient (Wildman–Crippen LogP) is 4.45. The van der Waals surface area contributed by atoms with Crippen molar-refractivity contribution in [1.29, 1.82) is 0 Å². The lowest BCUT2D eigenvalue weighted by Gasteiger charge is -2.30. The number of ether oxygens (including phenoxy) is 1. The van der Waals surface area contributed by atoms with Crippen molar-refractivity contribution in [3.05, 3.63) is 59.7 Å². The molecule has 0 radical (unpaired) electrons. The van der Waals surface area contributed by atoms with Crippen LogP contribution < -0.4 is 10.6 Å². The fourth-order valence-electron chi connectivity index (χ4n) is 5.20. The molecule has 1 atom stereocenters. The van der Waals surface area contributed by atoms with E-state index in [0.717, 1.165) is 35.1 Å². The molecule has 2 aromatic rings. The van der Waals surface area contributed by atoms with E-state index in [2.05, 4.69) is 10.6 Å². The molecule has 0 aromatic heterocycles. The minimum atomic E-state index is -2.87. The smallest absolute Gasteiger partial charge is 0.407 e. The van der Waals surface area contributed by atoms with E-state index in [-0.39, 0.29) is 18.9 Å². The fourth-order valence-corrected chi connectivity index (χ4v) is 5.20. The Morgan fingerprint density at radius 1 is 1.00 bits per heavy atom. The summed E-state index contributed by atoms with van der Waals surface area (Å²) in [7, 11) is 0. The van der Waals surface area contributed by atoms with Crippen LogP contribution in [0.3, 0.4) is 0 Å². The highest BCUT2D eigenvalue weighted by molar-refractivity contribution is 5.85. The molecule has 3 N–H and O–H groups in total. The van der Waals surface area contributed by atoms with Gasteiger partial charge in [0.1, 0.15) is 12.6 Å². The Balaban J connectivity index is 1.39. The second kappa shape index (κ2) is 10.4. The number of fused-ring (bicyclic) bond motifs is 3. The normalized spacial score (nSPS) is 16.9. The molecule has 2 amide bonds. The average molecular weight is 487 g/mol. The second-order valence-corrected chi connectivity index (χ2v) is 9.20. The number of benzene rings is 2. The van der Waals surface area contributed by atoms with Crippen molar-refractivity contribution in [2.24, 2.45) is 0 Å². The Morgan fingerprint density at radius 3 is 2.11 bits per heavy atom. The Hall–Kier alpha value is -3.49. The number of carbonyl (C=O) groups excluding carboxylic acids is 2. The highest BCUT2D eigenvalue weighted by atomic mass is 19.3. The van der Waals surface area contributed by atoms with Crippen molar-refractivity contribution in [3.63, 3.8) is 0 Å². The van der Waals surface area contributed by atoms with Crippen LogP contribution in [0, 0.1) is 0 Å². The van der Waals surface area contributed by atoms with Crippen LogP contribution in [0.1, 0.15) is 55.6 Å². The van der Waals surface area contributed by atoms with Crippen molar-refractivity contribution < 1.29 is 33.0 Å². The second-order valence-electron chi connectivity index (χ2n) is 9.20. The fraction of sp³-hybridized carbons (Fsp3) is 0.423. The summed E-state index contributed by atoms with van der Waals surface area (Å²) >= 11 is 0. The lowest BCUT2D eigenvalue weighted by Crippen LogP contribution is -2.51. The molecule has 1 fully saturated rings. The molecular weight excluding hydrogens is 458 g/mol. The minimum absolute atomic E-state index is 0.110. The van der Waals surface area contributed by atoms with Gasteiger partial charge < -0.3 is 20.5 Å². The van der Waals surface area contributed by atoms with E-state index >= 15 is 0 Å². The van der Waals surface area contributed by atoms with Crippen LogP contribution in [0.5, 0.6) is 0 Å². The van der Waals surface area contributed by atoms with Gasteiger partial charge in [-0.15, -0.1) is 0 Å². The first-order valence-electron chi connectivity index (χ1n) is 11.7. The van der Waals surface area contributed by atoms with Gasteiger partial charge in [0.15, 0.2) is 0 Å². The van der Waals surface area contributed by atoms with Gasteiger partial charge in [-0.2, -0.15) is 0 Å². The van der Waals surface area contributed by atoms with Crippen LogP contribution in [0.15, 0.2) is 48.5 Å². The van der Waals surface area contributed by atoms with Crippen molar-refractivity contribution in [3.8, 4) is 11.1 Å². The van der Waals surface area contributed by atoms with Gasteiger partial charge in [-0.3, -0.25) is 4.79 Å². The van der Waals surface area contributed by atoms with Crippen molar-refractivity contribution >= 4 is 18.0 Å². The molecule has 2 aromatic carbocycles. The molecule has 0 bridgehead atoms. The monoisotopic (exact) mass is 486 g/mol. The van der Waals surface area contributed by atoms with Gasteiger partial charge in [0.25, 0.3) is 0 Å². The van der Waals surface area contributed by atoms with Crippen LogP contribution in [0.4, 0.5) is 13.6 Å². The van der Waals surface area contributed by atoms with Gasteiger partial charge in [0.05, 0.1) is 5.54 Å². The Kier molecular flexibility index (Phi) is 7.33. The standard InChI is InChI=1S/C26H28F2N2O5/c27-22(28)13-21(24(32)33)29-23(31)14-26(11-5-6-12-26)30-25(34)35-15-20-18-9-3-1-7-16(18)17-8-2-4-10-19(17)20/h1-4,7-10,20-22H,5-6,11-15H2,(H,29,31)(H,30,34)(H,32,33). The summed E-state index contributed by atoms with van der Waals surface area (Å²) < 4.78 is 30.9. The summed E-state index contributed by atoms with van der Waals surface area (Å²) in [5, 5.41) is 14.1. The summed E-state index contributed by atoms with van der Waals surface area (Å²) in [5.41, 5.74) is 3.47. The maximum Gasteiger partial charge on any atom is 0.407 e. The topological polar surface area (TPSA) is 105 Å². The quantitative estimate of drug-likeness (QED) is 0.486. The van der Waals surface area contributed by atoms with Crippen LogP contribution in [-0.2, 0) is 14.3 Å². The summed E-state index contributed by atoms with van der Waals surface area (Å²) in [6.45, 7) is 0.123. The van der Waals surface area contributed by atoms with Crippen molar-refractivity contribution in [1.82, 2.24) is 10.6 Å². The molecule has 7 nitrogen and oxygen atoms in total. The van der Waals surface area contributed by atoms with E-state index < -0.39 is 42.4 Å². The third kappa shape index (κ3) is 5.61. The molecule has 35 heavy (non-hydrogen) atoms. The zero-order chi connectivity index (χ0) is 25.0. The van der Waals surface area contributed by atoms with E-state index in [1.54, 1.807) is 0 Å². The molecule has 0 aliphatic heterocycles. The maximum atomic E-state index is 12.8. The van der Waals surface area contributed by atoms with Gasteiger partial charge in [0, 0.05) is 18.8 Å². The number of alkyl halides is 2. The molecule has 186 valence electrons. The summed E-state index contributed by atoms with van der Waals surface area (Å²) in [6.07, 6.45) is -2.14. The van der Waals surface area contributed by atoms with Crippen molar-refractivity contribution in [2.45, 2.75) is 62.4 Å². The third-order valence-electron chi connectivity index (χ3n) is 6.82. The van der Waals surface area contributed by atoms with Gasteiger partial charge >= 0.3 is 12.1 Å². The van der Waals surface area contributed by atoms with Gasteiger partial charge in [-0.25, -0.2) is 18.4 Å². The molecule has 1 unspecified atom stereocenters. The lowest BCUT2D eigenvalue weighted by molar-refractivity contribution is -0.143. The number of alkyl carbamates (subject to hydrolysis) is 1. The number of aliphatic carboxylic acids is 1. The molecule has 4 rings (SSSR count). The molecule has 0 saturated heterocycles. The number of hydrogen-bond acceptors (Lipinski definition) is 4. The van der Waals surface area contributed by atoms with Gasteiger partial charge in [-0.05, 0) is 35.1 Å². The van der Waals surface area contributed by atoms with E-state index in [4.69, 9.17) is 9.84 Å². The lowest BCUT2D eigenvalue weighted by atomic mass is 9.92.